The number of hydrogen-bond donors (Lipinski definition) is 2. The molecule has 2 amide bonds. The molecular formula is C19H17Cl2N5O. The Morgan fingerprint density at radius 3 is 2.89 bits per heavy atom. The summed E-state index contributed by atoms with van der Waals surface area (Å²) >= 11 is 12.3. The van der Waals surface area contributed by atoms with Gasteiger partial charge in [0, 0.05) is 25.1 Å². The van der Waals surface area contributed by atoms with Gasteiger partial charge in [-0.1, -0.05) is 35.3 Å². The number of nitrogens with zero attached hydrogens (tertiary/aromatic N) is 3. The molecule has 1 aliphatic carbocycles. The van der Waals surface area contributed by atoms with Gasteiger partial charge in [0.2, 0.25) is 0 Å². The zero-order valence-electron chi connectivity index (χ0n) is 14.3. The van der Waals surface area contributed by atoms with Crippen molar-refractivity contribution in [3.05, 3.63) is 75.9 Å². The van der Waals surface area contributed by atoms with E-state index in [1.54, 1.807) is 24.8 Å². The quantitative estimate of drug-likeness (QED) is 0.692. The third-order valence-electron chi connectivity index (χ3n) is 4.63. The summed E-state index contributed by atoms with van der Waals surface area (Å²) in [6.45, 7) is 0.393. The van der Waals surface area contributed by atoms with Gasteiger partial charge < -0.3 is 10.6 Å². The van der Waals surface area contributed by atoms with E-state index in [4.69, 9.17) is 23.2 Å². The molecule has 6 nitrogen and oxygen atoms in total. The number of hydrogen-bond acceptors (Lipinski definition) is 3. The first-order valence-electron chi connectivity index (χ1n) is 8.56. The summed E-state index contributed by atoms with van der Waals surface area (Å²) in [7, 11) is 0. The summed E-state index contributed by atoms with van der Waals surface area (Å²) in [5.41, 5.74) is 2.97. The number of carbonyl (C=O) groups excluding carboxylic acids is 1. The smallest absolute Gasteiger partial charge is 0.315 e. The molecule has 1 aliphatic rings. The van der Waals surface area contributed by atoms with Crippen LogP contribution in [0.3, 0.4) is 0 Å². The molecule has 1 atom stereocenters. The maximum atomic E-state index is 12.3. The van der Waals surface area contributed by atoms with Crippen LogP contribution in [0.15, 0.2) is 49.2 Å². The van der Waals surface area contributed by atoms with Crippen molar-refractivity contribution in [3.63, 3.8) is 0 Å². The van der Waals surface area contributed by atoms with Crippen LogP contribution in [0.25, 0.3) is 5.82 Å². The van der Waals surface area contributed by atoms with Gasteiger partial charge in [0.15, 0.2) is 0 Å². The number of benzene rings is 1. The summed E-state index contributed by atoms with van der Waals surface area (Å²) in [5.74, 6) is 0.777. The van der Waals surface area contributed by atoms with E-state index >= 15 is 0 Å². The second-order valence-corrected chi connectivity index (χ2v) is 7.13. The number of halogens is 2. The lowest BCUT2D eigenvalue weighted by Gasteiger charge is -2.15. The van der Waals surface area contributed by atoms with E-state index in [1.165, 1.54) is 0 Å². The zero-order chi connectivity index (χ0) is 18.8. The van der Waals surface area contributed by atoms with Crippen LogP contribution in [0.4, 0.5) is 4.79 Å². The van der Waals surface area contributed by atoms with Crippen LogP contribution in [0.5, 0.6) is 0 Å². The second kappa shape index (κ2) is 7.58. The predicted molar refractivity (Wildman–Crippen MR) is 104 cm³/mol. The van der Waals surface area contributed by atoms with Crippen molar-refractivity contribution >= 4 is 29.2 Å². The number of carbonyl (C=O) groups is 1. The van der Waals surface area contributed by atoms with Crippen molar-refractivity contribution in [2.45, 2.75) is 25.4 Å². The predicted octanol–water partition coefficient (Wildman–Crippen LogP) is 4.06. The minimum absolute atomic E-state index is 0.0588. The molecule has 0 fully saturated rings. The molecule has 2 aromatic heterocycles. The number of imidazole rings is 1. The molecule has 0 spiro atoms. The first-order chi connectivity index (χ1) is 13.1. The lowest BCUT2D eigenvalue weighted by Crippen LogP contribution is -2.36. The summed E-state index contributed by atoms with van der Waals surface area (Å²) in [6.07, 6.45) is 8.56. The van der Waals surface area contributed by atoms with Gasteiger partial charge >= 0.3 is 6.03 Å². The molecule has 8 heteroatoms. The van der Waals surface area contributed by atoms with E-state index < -0.39 is 0 Å². The molecule has 0 saturated heterocycles. The highest BCUT2D eigenvalue weighted by Gasteiger charge is 2.26. The highest BCUT2D eigenvalue weighted by Crippen LogP contribution is 2.38. The van der Waals surface area contributed by atoms with Gasteiger partial charge in [-0.2, -0.15) is 0 Å². The minimum atomic E-state index is -0.224. The molecule has 138 valence electrons. The topological polar surface area (TPSA) is 71.8 Å². The van der Waals surface area contributed by atoms with Gasteiger partial charge in [-0.15, -0.1) is 0 Å². The van der Waals surface area contributed by atoms with Crippen LogP contribution in [0.2, 0.25) is 10.0 Å². The Bertz CT molecular complexity index is 957. The van der Waals surface area contributed by atoms with Crippen molar-refractivity contribution < 1.29 is 4.79 Å². The molecule has 4 rings (SSSR count). The maximum absolute atomic E-state index is 12.3. The number of rotatable bonds is 4. The van der Waals surface area contributed by atoms with Crippen LogP contribution in [0, 0.1) is 0 Å². The average molecular weight is 402 g/mol. The van der Waals surface area contributed by atoms with Crippen molar-refractivity contribution in [2.75, 3.05) is 0 Å². The molecular weight excluding hydrogens is 385 g/mol. The molecule has 0 aliphatic heterocycles. The van der Waals surface area contributed by atoms with E-state index in [2.05, 4.69) is 20.6 Å². The van der Waals surface area contributed by atoms with Gasteiger partial charge in [0.1, 0.15) is 12.1 Å². The number of aromatic nitrogens is 3. The molecule has 0 saturated carbocycles. The Morgan fingerprint density at radius 2 is 2.15 bits per heavy atom. The van der Waals surface area contributed by atoms with E-state index in [-0.39, 0.29) is 12.1 Å². The molecule has 3 aromatic rings. The summed E-state index contributed by atoms with van der Waals surface area (Å²) < 4.78 is 1.82. The normalized spacial score (nSPS) is 15.4. The van der Waals surface area contributed by atoms with Gasteiger partial charge in [0.05, 0.1) is 16.1 Å². The Labute approximate surface area is 166 Å². The second-order valence-electron chi connectivity index (χ2n) is 6.34. The summed E-state index contributed by atoms with van der Waals surface area (Å²) in [4.78, 5) is 20.6. The fourth-order valence-corrected chi connectivity index (χ4v) is 3.69. The monoisotopic (exact) mass is 401 g/mol. The minimum Gasteiger partial charge on any atom is -0.334 e. The van der Waals surface area contributed by atoms with E-state index in [9.17, 15) is 4.79 Å². The van der Waals surface area contributed by atoms with Crippen LogP contribution < -0.4 is 10.6 Å². The lowest BCUT2D eigenvalue weighted by molar-refractivity contribution is 0.236. The lowest BCUT2D eigenvalue weighted by atomic mass is 10.1. The highest BCUT2D eigenvalue weighted by atomic mass is 35.5. The molecule has 27 heavy (non-hydrogen) atoms. The Morgan fingerprint density at radius 1 is 1.26 bits per heavy atom. The average Bonchev–Trinajstić information content (AvgIpc) is 3.34. The number of urea groups is 1. The molecule has 0 radical (unpaired) electrons. The Kier molecular flexibility index (Phi) is 5.01. The Balaban J connectivity index is 1.34. The van der Waals surface area contributed by atoms with Gasteiger partial charge in [-0.3, -0.25) is 4.57 Å². The van der Waals surface area contributed by atoms with Crippen LogP contribution >= 0.6 is 23.2 Å². The van der Waals surface area contributed by atoms with Crippen LogP contribution in [-0.2, 0) is 13.0 Å². The van der Waals surface area contributed by atoms with Crippen molar-refractivity contribution in [1.29, 1.82) is 0 Å². The number of amides is 2. The maximum Gasteiger partial charge on any atom is 0.315 e. The third kappa shape index (κ3) is 3.77. The first-order valence-corrected chi connectivity index (χ1v) is 9.32. The van der Waals surface area contributed by atoms with Crippen molar-refractivity contribution in [2.24, 2.45) is 0 Å². The molecule has 2 heterocycles. The fraction of sp³-hybridized carbons (Fsp3) is 0.211. The molecule has 2 N–H and O–H groups in total. The van der Waals surface area contributed by atoms with Gasteiger partial charge in [0.25, 0.3) is 0 Å². The standard InChI is InChI=1S/C19H17Cl2N5O/c20-15-4-2-13-14(18(15)21)3-5-16(13)25-19(27)24-10-12-1-6-17(23-9-12)26-8-7-22-11-26/h1-2,4,6-9,11,16H,3,5,10H2,(H2,24,25,27). The molecule has 1 unspecified atom stereocenters. The number of pyridine rings is 1. The van der Waals surface area contributed by atoms with Crippen molar-refractivity contribution in [3.8, 4) is 5.82 Å². The van der Waals surface area contributed by atoms with E-state index in [0.717, 1.165) is 35.3 Å². The zero-order valence-corrected chi connectivity index (χ0v) is 15.8. The first kappa shape index (κ1) is 17.8. The van der Waals surface area contributed by atoms with Crippen LogP contribution in [-0.4, -0.2) is 20.6 Å². The molecule has 0 bridgehead atoms. The van der Waals surface area contributed by atoms with Crippen molar-refractivity contribution in [1.82, 2.24) is 25.2 Å². The number of fused-ring (bicyclic) bond motifs is 1. The summed E-state index contributed by atoms with van der Waals surface area (Å²) in [6, 6.07) is 7.23. The summed E-state index contributed by atoms with van der Waals surface area (Å²) in [5, 5.41) is 7.00. The van der Waals surface area contributed by atoms with Gasteiger partial charge in [-0.05, 0) is 41.7 Å². The largest absolute Gasteiger partial charge is 0.334 e. The fourth-order valence-electron chi connectivity index (χ4n) is 3.24. The van der Waals surface area contributed by atoms with Crippen LogP contribution in [0.1, 0.15) is 29.2 Å². The SMILES string of the molecule is O=C(NCc1ccc(-n2ccnc2)nc1)NC1CCc2c1ccc(Cl)c2Cl. The van der Waals surface area contributed by atoms with E-state index in [0.29, 0.717) is 16.6 Å². The Hall–Kier alpha value is -2.57. The van der Waals surface area contributed by atoms with E-state index in [1.807, 2.05) is 29.0 Å². The van der Waals surface area contributed by atoms with Gasteiger partial charge in [-0.25, -0.2) is 14.8 Å². The highest BCUT2D eigenvalue weighted by molar-refractivity contribution is 6.42. The number of nitrogens with one attached hydrogen (secondary N) is 2. The molecule has 1 aromatic carbocycles. The third-order valence-corrected chi connectivity index (χ3v) is 5.47.